The molecule has 0 radical (unpaired) electrons. The van der Waals surface area contributed by atoms with Crippen LogP contribution in [-0.2, 0) is 4.74 Å². The molecule has 86 valence electrons. The van der Waals surface area contributed by atoms with Crippen molar-refractivity contribution in [3.05, 3.63) is 28.3 Å². The molecular formula is C10H11NO5. The quantitative estimate of drug-likeness (QED) is 0.540. The molecule has 2 rings (SSSR count). The number of fused-ring (bicyclic) bond motifs is 1. The number of benzene rings is 1. The van der Waals surface area contributed by atoms with Crippen LogP contribution in [0.3, 0.4) is 0 Å². The first kappa shape index (κ1) is 10.7. The Morgan fingerprint density at radius 1 is 1.19 bits per heavy atom. The van der Waals surface area contributed by atoms with E-state index in [1.165, 1.54) is 18.2 Å². The van der Waals surface area contributed by atoms with Crippen LogP contribution < -0.4 is 9.47 Å². The van der Waals surface area contributed by atoms with Gasteiger partial charge in [0, 0.05) is 6.07 Å². The summed E-state index contributed by atoms with van der Waals surface area (Å²) in [6.07, 6.45) is -0.948. The van der Waals surface area contributed by atoms with Gasteiger partial charge in [-0.15, -0.1) is 0 Å². The molecule has 0 fully saturated rings. The highest BCUT2D eigenvalue weighted by atomic mass is 16.8. The monoisotopic (exact) mass is 225 g/mol. The molecule has 6 heteroatoms. The molecule has 0 N–H and O–H groups in total. The highest BCUT2D eigenvalue weighted by Gasteiger charge is 2.22. The molecule has 1 aromatic rings. The van der Waals surface area contributed by atoms with Crippen molar-refractivity contribution in [3.63, 3.8) is 0 Å². The van der Waals surface area contributed by atoms with Crippen LogP contribution in [0, 0.1) is 10.1 Å². The fourth-order valence-corrected chi connectivity index (χ4v) is 1.48. The van der Waals surface area contributed by atoms with Gasteiger partial charge in [-0.3, -0.25) is 10.1 Å². The number of nitrogens with zero attached hydrogens (tertiary/aromatic N) is 1. The van der Waals surface area contributed by atoms with E-state index in [-0.39, 0.29) is 5.69 Å². The van der Waals surface area contributed by atoms with Crippen molar-refractivity contribution < 1.29 is 19.1 Å². The van der Waals surface area contributed by atoms with Crippen LogP contribution in [-0.4, -0.2) is 17.5 Å². The van der Waals surface area contributed by atoms with Gasteiger partial charge >= 0.3 is 0 Å². The Morgan fingerprint density at radius 3 is 2.44 bits per heavy atom. The summed E-state index contributed by atoms with van der Waals surface area (Å²) in [5.41, 5.74) is -0.0379. The molecule has 1 aromatic carbocycles. The number of hydrogen-bond donors (Lipinski definition) is 0. The predicted molar refractivity (Wildman–Crippen MR) is 54.4 cm³/mol. The molecule has 0 aliphatic carbocycles. The molecule has 0 bridgehead atoms. The van der Waals surface area contributed by atoms with Crippen LogP contribution >= 0.6 is 0 Å². The van der Waals surface area contributed by atoms with Gasteiger partial charge in [-0.25, -0.2) is 0 Å². The molecule has 2 atom stereocenters. The number of non-ortho nitro benzene ring substituents is 1. The molecule has 1 heterocycles. The van der Waals surface area contributed by atoms with Gasteiger partial charge in [-0.1, -0.05) is 0 Å². The molecular weight excluding hydrogens is 214 g/mol. The molecule has 6 nitrogen and oxygen atoms in total. The maximum Gasteiger partial charge on any atom is 0.273 e. The van der Waals surface area contributed by atoms with E-state index in [0.717, 1.165) is 0 Å². The normalized spacial score (nSPS) is 23.6. The lowest BCUT2D eigenvalue weighted by molar-refractivity contribution is -0.385. The Bertz CT molecular complexity index is 420. The van der Waals surface area contributed by atoms with Gasteiger partial charge < -0.3 is 14.2 Å². The second kappa shape index (κ2) is 3.97. The minimum Gasteiger partial charge on any atom is -0.461 e. The first-order valence-corrected chi connectivity index (χ1v) is 4.83. The smallest absolute Gasteiger partial charge is 0.273 e. The summed E-state index contributed by atoms with van der Waals surface area (Å²) < 4.78 is 16.0. The summed E-state index contributed by atoms with van der Waals surface area (Å²) in [6, 6.07) is 4.20. The zero-order valence-electron chi connectivity index (χ0n) is 8.88. The molecule has 2 unspecified atom stereocenters. The third kappa shape index (κ3) is 2.06. The third-order valence-corrected chi connectivity index (χ3v) is 2.11. The SMILES string of the molecule is CC1Oc2ccc([N+](=O)[O-])cc2OC(C)O1. The van der Waals surface area contributed by atoms with E-state index in [1.807, 2.05) is 0 Å². The number of nitro benzene ring substituents is 1. The Kier molecular flexibility index (Phi) is 2.66. The highest BCUT2D eigenvalue weighted by Crippen LogP contribution is 2.35. The van der Waals surface area contributed by atoms with E-state index in [0.29, 0.717) is 11.5 Å². The average molecular weight is 225 g/mol. The van der Waals surface area contributed by atoms with Crippen molar-refractivity contribution in [2.45, 2.75) is 26.4 Å². The van der Waals surface area contributed by atoms with Gasteiger partial charge in [-0.2, -0.15) is 0 Å². The van der Waals surface area contributed by atoms with E-state index in [4.69, 9.17) is 14.2 Å². The van der Waals surface area contributed by atoms with Crippen LogP contribution in [0.1, 0.15) is 13.8 Å². The van der Waals surface area contributed by atoms with E-state index in [2.05, 4.69) is 0 Å². The Labute approximate surface area is 91.9 Å². The van der Waals surface area contributed by atoms with Gasteiger partial charge in [0.2, 0.25) is 12.6 Å². The zero-order chi connectivity index (χ0) is 11.7. The Hall–Kier alpha value is -1.82. The molecule has 0 saturated carbocycles. The molecule has 1 aliphatic rings. The number of hydrogen-bond acceptors (Lipinski definition) is 5. The number of ether oxygens (including phenoxy) is 3. The summed E-state index contributed by atoms with van der Waals surface area (Å²) in [4.78, 5) is 10.1. The number of rotatable bonds is 1. The van der Waals surface area contributed by atoms with E-state index < -0.39 is 17.5 Å². The van der Waals surface area contributed by atoms with Crippen molar-refractivity contribution >= 4 is 5.69 Å². The summed E-state index contributed by atoms with van der Waals surface area (Å²) in [7, 11) is 0. The molecule has 0 aromatic heterocycles. The van der Waals surface area contributed by atoms with Gasteiger partial charge in [0.15, 0.2) is 11.5 Å². The maximum absolute atomic E-state index is 10.6. The van der Waals surface area contributed by atoms with E-state index in [9.17, 15) is 10.1 Å². The zero-order valence-corrected chi connectivity index (χ0v) is 8.88. The summed E-state index contributed by atoms with van der Waals surface area (Å²) in [5.74, 6) is 0.772. The minimum absolute atomic E-state index is 0.0379. The van der Waals surface area contributed by atoms with Crippen molar-refractivity contribution in [3.8, 4) is 11.5 Å². The number of nitro groups is 1. The standard InChI is InChI=1S/C10H11NO5/c1-6-14-7(2)16-10-5-8(11(12)13)3-4-9(10)15-6/h3-7H,1-2H3. The fourth-order valence-electron chi connectivity index (χ4n) is 1.48. The van der Waals surface area contributed by atoms with Gasteiger partial charge in [0.25, 0.3) is 5.69 Å². The predicted octanol–water partition coefficient (Wildman–Crippen LogP) is 2.07. The Morgan fingerprint density at radius 2 is 1.81 bits per heavy atom. The first-order chi connectivity index (χ1) is 7.56. The molecule has 0 spiro atoms. The van der Waals surface area contributed by atoms with E-state index >= 15 is 0 Å². The van der Waals surface area contributed by atoms with Gasteiger partial charge in [-0.05, 0) is 19.9 Å². The lowest BCUT2D eigenvalue weighted by Crippen LogP contribution is -2.22. The largest absolute Gasteiger partial charge is 0.461 e. The molecule has 0 amide bonds. The van der Waals surface area contributed by atoms with Crippen molar-refractivity contribution in [1.29, 1.82) is 0 Å². The second-order valence-electron chi connectivity index (χ2n) is 3.40. The average Bonchev–Trinajstić information content (AvgIpc) is 2.32. The minimum atomic E-state index is -0.502. The fraction of sp³-hybridized carbons (Fsp3) is 0.400. The second-order valence-corrected chi connectivity index (χ2v) is 3.40. The lowest BCUT2D eigenvalue weighted by atomic mass is 10.3. The topological polar surface area (TPSA) is 70.8 Å². The summed E-state index contributed by atoms with van der Waals surface area (Å²) in [6.45, 7) is 3.43. The lowest BCUT2D eigenvalue weighted by Gasteiger charge is -2.13. The summed E-state index contributed by atoms with van der Waals surface area (Å²) in [5, 5.41) is 10.6. The maximum atomic E-state index is 10.6. The highest BCUT2D eigenvalue weighted by molar-refractivity contribution is 5.48. The van der Waals surface area contributed by atoms with Crippen LogP contribution in [0.5, 0.6) is 11.5 Å². The van der Waals surface area contributed by atoms with Crippen LogP contribution in [0.4, 0.5) is 5.69 Å². The van der Waals surface area contributed by atoms with Crippen molar-refractivity contribution in [2.75, 3.05) is 0 Å². The van der Waals surface area contributed by atoms with Crippen molar-refractivity contribution in [2.24, 2.45) is 0 Å². The molecule has 1 aliphatic heterocycles. The van der Waals surface area contributed by atoms with Crippen LogP contribution in [0.25, 0.3) is 0 Å². The molecule has 0 saturated heterocycles. The first-order valence-electron chi connectivity index (χ1n) is 4.83. The van der Waals surface area contributed by atoms with Gasteiger partial charge in [0.1, 0.15) is 0 Å². The van der Waals surface area contributed by atoms with Crippen molar-refractivity contribution in [1.82, 2.24) is 0 Å². The Balaban J connectivity index is 2.38. The van der Waals surface area contributed by atoms with E-state index in [1.54, 1.807) is 13.8 Å². The molecule has 16 heavy (non-hydrogen) atoms. The van der Waals surface area contributed by atoms with Crippen LogP contribution in [0.2, 0.25) is 0 Å². The van der Waals surface area contributed by atoms with Gasteiger partial charge in [0.05, 0.1) is 11.0 Å². The third-order valence-electron chi connectivity index (χ3n) is 2.11. The van der Waals surface area contributed by atoms with Crippen LogP contribution in [0.15, 0.2) is 18.2 Å². The summed E-state index contributed by atoms with van der Waals surface area (Å²) >= 11 is 0.